The number of benzene rings is 2. The van der Waals surface area contributed by atoms with Gasteiger partial charge in [0.2, 0.25) is 10.0 Å². The summed E-state index contributed by atoms with van der Waals surface area (Å²) >= 11 is 11.6. The second-order valence-corrected chi connectivity index (χ2v) is 7.26. The van der Waals surface area contributed by atoms with E-state index in [2.05, 4.69) is 9.46 Å². The van der Waals surface area contributed by atoms with Gasteiger partial charge in [0.15, 0.2) is 0 Å². The standard InChI is InChI=1S/C15H13Cl2NO4S/c1-22-15(19)11-4-2-10(3-5-11)9-18-23(20,21)14-7-12(16)6-13(17)8-14/h2-8,18H,9H2,1H3. The first kappa shape index (κ1) is 17.7. The Hall–Kier alpha value is -1.60. The molecule has 2 aromatic rings. The Balaban J connectivity index is 2.11. The fourth-order valence-corrected chi connectivity index (χ4v) is 3.56. The second kappa shape index (κ2) is 7.31. The van der Waals surface area contributed by atoms with Gasteiger partial charge in [0.05, 0.1) is 17.6 Å². The summed E-state index contributed by atoms with van der Waals surface area (Å²) in [5.74, 6) is -0.453. The van der Waals surface area contributed by atoms with Gasteiger partial charge in [-0.15, -0.1) is 0 Å². The van der Waals surface area contributed by atoms with Crippen LogP contribution in [0, 0.1) is 0 Å². The molecule has 0 unspecified atom stereocenters. The van der Waals surface area contributed by atoms with Crippen LogP contribution in [0.25, 0.3) is 0 Å². The van der Waals surface area contributed by atoms with Crippen LogP contribution in [-0.4, -0.2) is 21.5 Å². The van der Waals surface area contributed by atoms with Gasteiger partial charge in [0.25, 0.3) is 0 Å². The van der Waals surface area contributed by atoms with Crippen LogP contribution in [0.5, 0.6) is 0 Å². The van der Waals surface area contributed by atoms with Gasteiger partial charge in [0, 0.05) is 16.6 Å². The van der Waals surface area contributed by atoms with Crippen LogP contribution < -0.4 is 4.72 Å². The van der Waals surface area contributed by atoms with E-state index in [1.165, 1.54) is 25.3 Å². The number of carbonyl (C=O) groups excluding carboxylic acids is 1. The van der Waals surface area contributed by atoms with Crippen LogP contribution in [0.1, 0.15) is 15.9 Å². The van der Waals surface area contributed by atoms with Crippen molar-refractivity contribution in [2.24, 2.45) is 0 Å². The van der Waals surface area contributed by atoms with Gasteiger partial charge in [-0.3, -0.25) is 0 Å². The molecule has 23 heavy (non-hydrogen) atoms. The highest BCUT2D eigenvalue weighted by atomic mass is 35.5. The maximum absolute atomic E-state index is 12.2. The average molecular weight is 374 g/mol. The van der Waals surface area contributed by atoms with E-state index < -0.39 is 16.0 Å². The van der Waals surface area contributed by atoms with Crippen molar-refractivity contribution in [2.45, 2.75) is 11.4 Å². The number of nitrogens with one attached hydrogen (secondary N) is 1. The molecule has 2 rings (SSSR count). The Morgan fingerprint density at radius 2 is 1.65 bits per heavy atom. The molecule has 122 valence electrons. The number of rotatable bonds is 5. The fraction of sp³-hybridized carbons (Fsp3) is 0.133. The molecule has 0 aromatic heterocycles. The minimum atomic E-state index is -3.75. The minimum Gasteiger partial charge on any atom is -0.465 e. The maximum atomic E-state index is 12.2. The molecule has 0 fully saturated rings. The normalized spacial score (nSPS) is 11.3. The van der Waals surface area contributed by atoms with Gasteiger partial charge in [0.1, 0.15) is 0 Å². The summed E-state index contributed by atoms with van der Waals surface area (Å²) in [6.07, 6.45) is 0. The summed E-state index contributed by atoms with van der Waals surface area (Å²) in [4.78, 5) is 11.3. The van der Waals surface area contributed by atoms with E-state index in [1.807, 2.05) is 0 Å². The summed E-state index contributed by atoms with van der Waals surface area (Å²) in [6.45, 7) is 0.0634. The lowest BCUT2D eigenvalue weighted by atomic mass is 10.1. The summed E-state index contributed by atoms with van der Waals surface area (Å²) in [6, 6.07) is 10.5. The van der Waals surface area contributed by atoms with E-state index in [-0.39, 0.29) is 21.5 Å². The van der Waals surface area contributed by atoms with E-state index in [9.17, 15) is 13.2 Å². The van der Waals surface area contributed by atoms with Crippen molar-refractivity contribution >= 4 is 39.2 Å². The summed E-state index contributed by atoms with van der Waals surface area (Å²) in [5.41, 5.74) is 1.08. The molecule has 0 bridgehead atoms. The minimum absolute atomic E-state index is 0.0128. The van der Waals surface area contributed by atoms with Crippen molar-refractivity contribution in [3.63, 3.8) is 0 Å². The Morgan fingerprint density at radius 3 is 2.17 bits per heavy atom. The fourth-order valence-electron chi connectivity index (χ4n) is 1.82. The lowest BCUT2D eigenvalue weighted by molar-refractivity contribution is 0.0600. The molecule has 1 N–H and O–H groups in total. The van der Waals surface area contributed by atoms with Crippen molar-refractivity contribution in [3.05, 3.63) is 63.6 Å². The molecule has 0 amide bonds. The molecule has 0 saturated heterocycles. The number of carbonyl (C=O) groups is 1. The number of methoxy groups -OCH3 is 1. The highest BCUT2D eigenvalue weighted by Gasteiger charge is 2.15. The van der Waals surface area contributed by atoms with Gasteiger partial charge in [-0.05, 0) is 35.9 Å². The zero-order chi connectivity index (χ0) is 17.0. The molecule has 0 saturated carbocycles. The van der Waals surface area contributed by atoms with Crippen molar-refractivity contribution in [2.75, 3.05) is 7.11 Å². The van der Waals surface area contributed by atoms with E-state index in [1.54, 1.807) is 24.3 Å². The predicted molar refractivity (Wildman–Crippen MR) is 88.3 cm³/mol. The smallest absolute Gasteiger partial charge is 0.337 e. The van der Waals surface area contributed by atoms with Crippen LogP contribution in [0.4, 0.5) is 0 Å². The summed E-state index contributed by atoms with van der Waals surface area (Å²) in [7, 11) is -2.45. The number of sulfonamides is 1. The monoisotopic (exact) mass is 373 g/mol. The first-order valence-corrected chi connectivity index (χ1v) is 8.69. The predicted octanol–water partition coefficient (Wildman–Crippen LogP) is 3.26. The quantitative estimate of drug-likeness (QED) is 0.816. The number of hydrogen-bond acceptors (Lipinski definition) is 4. The summed E-state index contributed by atoms with van der Waals surface area (Å²) < 4.78 is 31.5. The van der Waals surface area contributed by atoms with Gasteiger partial charge in [-0.25, -0.2) is 17.9 Å². The summed E-state index contributed by atoms with van der Waals surface area (Å²) in [5, 5.41) is 0.473. The van der Waals surface area contributed by atoms with Gasteiger partial charge < -0.3 is 4.74 Å². The Bertz CT molecular complexity index is 800. The van der Waals surface area contributed by atoms with Crippen molar-refractivity contribution in [3.8, 4) is 0 Å². The number of esters is 1. The molecule has 0 radical (unpaired) electrons. The Labute approximate surface area is 144 Å². The molecule has 0 aliphatic carbocycles. The van der Waals surface area contributed by atoms with Crippen LogP contribution >= 0.6 is 23.2 Å². The topological polar surface area (TPSA) is 72.5 Å². The first-order valence-electron chi connectivity index (χ1n) is 6.45. The molecule has 0 spiro atoms. The third-order valence-electron chi connectivity index (χ3n) is 2.99. The van der Waals surface area contributed by atoms with Crippen molar-refractivity contribution in [1.29, 1.82) is 0 Å². The van der Waals surface area contributed by atoms with Gasteiger partial charge in [-0.2, -0.15) is 0 Å². The van der Waals surface area contributed by atoms with Gasteiger partial charge >= 0.3 is 5.97 Å². The SMILES string of the molecule is COC(=O)c1ccc(CNS(=O)(=O)c2cc(Cl)cc(Cl)c2)cc1. The molecular formula is C15H13Cl2NO4S. The molecule has 2 aromatic carbocycles. The van der Waals surface area contributed by atoms with Crippen molar-refractivity contribution < 1.29 is 17.9 Å². The van der Waals surface area contributed by atoms with E-state index in [4.69, 9.17) is 23.2 Å². The van der Waals surface area contributed by atoms with Crippen molar-refractivity contribution in [1.82, 2.24) is 4.72 Å². The molecule has 8 heteroatoms. The van der Waals surface area contributed by atoms with E-state index in [0.717, 1.165) is 0 Å². The van der Waals surface area contributed by atoms with E-state index in [0.29, 0.717) is 11.1 Å². The Morgan fingerprint density at radius 1 is 1.09 bits per heavy atom. The lowest BCUT2D eigenvalue weighted by Gasteiger charge is -2.08. The zero-order valence-electron chi connectivity index (χ0n) is 12.0. The highest BCUT2D eigenvalue weighted by molar-refractivity contribution is 7.89. The molecule has 0 aliphatic rings. The highest BCUT2D eigenvalue weighted by Crippen LogP contribution is 2.22. The van der Waals surface area contributed by atoms with Crippen LogP contribution in [-0.2, 0) is 21.3 Å². The maximum Gasteiger partial charge on any atom is 0.337 e. The number of halogens is 2. The molecular weight excluding hydrogens is 361 g/mol. The van der Waals surface area contributed by atoms with Crippen LogP contribution in [0.2, 0.25) is 10.0 Å². The van der Waals surface area contributed by atoms with Crippen LogP contribution in [0.15, 0.2) is 47.4 Å². The van der Waals surface area contributed by atoms with Gasteiger partial charge in [-0.1, -0.05) is 35.3 Å². The Kier molecular flexibility index (Phi) is 5.64. The second-order valence-electron chi connectivity index (χ2n) is 4.62. The molecule has 5 nitrogen and oxygen atoms in total. The van der Waals surface area contributed by atoms with Crippen LogP contribution in [0.3, 0.4) is 0 Å². The molecule has 0 aliphatic heterocycles. The molecule has 0 heterocycles. The number of ether oxygens (including phenoxy) is 1. The third kappa shape index (κ3) is 4.68. The lowest BCUT2D eigenvalue weighted by Crippen LogP contribution is -2.23. The average Bonchev–Trinajstić information content (AvgIpc) is 2.52. The molecule has 0 atom stereocenters. The third-order valence-corrected chi connectivity index (χ3v) is 4.80. The zero-order valence-corrected chi connectivity index (χ0v) is 14.4. The number of hydrogen-bond donors (Lipinski definition) is 1. The van der Waals surface area contributed by atoms with E-state index >= 15 is 0 Å². The first-order chi connectivity index (χ1) is 10.8. The largest absolute Gasteiger partial charge is 0.465 e.